The number of benzene rings is 2. The van der Waals surface area contributed by atoms with Crippen molar-refractivity contribution < 1.29 is 27.8 Å². The van der Waals surface area contributed by atoms with Gasteiger partial charge in [0.1, 0.15) is 0 Å². The molecule has 1 N–H and O–H groups in total. The Balaban J connectivity index is 1.97. The number of hydrogen-bond acceptors (Lipinski definition) is 4. The first kappa shape index (κ1) is 22.2. The maximum atomic E-state index is 13.6. The summed E-state index contributed by atoms with van der Waals surface area (Å²) in [5, 5.41) is 10.2. The average Bonchev–Trinajstić information content (AvgIpc) is 2.75. The maximum absolute atomic E-state index is 13.6. The van der Waals surface area contributed by atoms with Crippen molar-refractivity contribution in [1.82, 2.24) is 4.98 Å². The van der Waals surface area contributed by atoms with Crippen molar-refractivity contribution in [3.8, 4) is 5.75 Å². The van der Waals surface area contributed by atoms with Crippen molar-refractivity contribution in [2.24, 2.45) is 0 Å². The second-order valence-corrected chi connectivity index (χ2v) is 8.09. The van der Waals surface area contributed by atoms with Crippen LogP contribution < -0.4 is 9.64 Å². The molecule has 0 spiro atoms. The van der Waals surface area contributed by atoms with Gasteiger partial charge in [0.25, 0.3) is 0 Å². The first-order valence-electron chi connectivity index (χ1n) is 10.2. The van der Waals surface area contributed by atoms with Crippen LogP contribution in [0.2, 0.25) is 5.02 Å². The third-order valence-electron chi connectivity index (χ3n) is 5.52. The van der Waals surface area contributed by atoms with Crippen molar-refractivity contribution in [2.45, 2.75) is 31.9 Å². The van der Waals surface area contributed by atoms with E-state index in [1.165, 1.54) is 18.2 Å². The lowest BCUT2D eigenvalue weighted by molar-refractivity contribution is -0.138. The second kappa shape index (κ2) is 8.86. The van der Waals surface area contributed by atoms with Crippen LogP contribution in [0.5, 0.6) is 5.75 Å². The van der Waals surface area contributed by atoms with E-state index < -0.39 is 17.9 Å². The zero-order valence-corrected chi connectivity index (χ0v) is 17.7. The highest BCUT2D eigenvalue weighted by Crippen LogP contribution is 2.41. The van der Waals surface area contributed by atoms with Gasteiger partial charge in [-0.3, -0.25) is 0 Å². The zero-order chi connectivity index (χ0) is 22.9. The fourth-order valence-electron chi connectivity index (χ4n) is 4.10. The molecule has 9 heteroatoms. The number of ether oxygens (including phenoxy) is 1. The smallest absolute Gasteiger partial charge is 0.449 e. The van der Waals surface area contributed by atoms with Crippen molar-refractivity contribution in [3.05, 3.63) is 64.2 Å². The molecule has 4 rings (SSSR count). The number of carbonyl (C=O) groups is 1. The lowest BCUT2D eigenvalue weighted by Crippen LogP contribution is -2.31. The normalized spacial score (nSPS) is 14.6. The van der Waals surface area contributed by atoms with Gasteiger partial charge in [-0.15, -0.1) is 0 Å². The van der Waals surface area contributed by atoms with Crippen LogP contribution in [0.4, 0.5) is 23.8 Å². The molecule has 0 amide bonds. The summed E-state index contributed by atoms with van der Waals surface area (Å²) >= 11 is 6.17. The standard InChI is InChI=1S/C23H20ClF3N2O3/c24-15-8-9-19-16(13-15)17(12-14-6-2-3-7-18(14)23(25,26)27)20(32-22(30)31)21(28-19)29-10-4-1-5-11-29/h2-3,6-9,13H,1,4-5,10-12H2,(H,30,31). The summed E-state index contributed by atoms with van der Waals surface area (Å²) in [5.41, 5.74) is 0.0319. The van der Waals surface area contributed by atoms with Gasteiger partial charge in [-0.05, 0) is 49.1 Å². The largest absolute Gasteiger partial charge is 0.511 e. The number of anilines is 1. The Morgan fingerprint density at radius 1 is 1.12 bits per heavy atom. The average molecular weight is 465 g/mol. The Morgan fingerprint density at radius 3 is 2.53 bits per heavy atom. The fourth-order valence-corrected chi connectivity index (χ4v) is 4.27. The highest BCUT2D eigenvalue weighted by Gasteiger charge is 2.34. The number of pyridine rings is 1. The second-order valence-electron chi connectivity index (χ2n) is 7.65. The van der Waals surface area contributed by atoms with Crippen molar-refractivity contribution >= 4 is 34.5 Å². The maximum Gasteiger partial charge on any atom is 0.511 e. The topological polar surface area (TPSA) is 62.7 Å². The van der Waals surface area contributed by atoms with Gasteiger partial charge in [0.15, 0.2) is 11.6 Å². The molecule has 0 bridgehead atoms. The predicted molar refractivity (Wildman–Crippen MR) is 116 cm³/mol. The number of aromatic nitrogens is 1. The van der Waals surface area contributed by atoms with E-state index >= 15 is 0 Å². The monoisotopic (exact) mass is 464 g/mol. The molecule has 0 unspecified atom stereocenters. The Hall–Kier alpha value is -3.00. The van der Waals surface area contributed by atoms with E-state index in [0.717, 1.165) is 25.3 Å². The van der Waals surface area contributed by atoms with Crippen LogP contribution in [-0.2, 0) is 12.6 Å². The number of fused-ring (bicyclic) bond motifs is 1. The lowest BCUT2D eigenvalue weighted by atomic mass is 9.95. The number of alkyl halides is 3. The van der Waals surface area contributed by atoms with Crippen LogP contribution in [0, 0.1) is 0 Å². The summed E-state index contributed by atoms with van der Waals surface area (Å²) in [5.74, 6) is 0.271. The number of rotatable bonds is 4. The van der Waals surface area contributed by atoms with Crippen molar-refractivity contribution in [1.29, 1.82) is 0 Å². The third kappa shape index (κ3) is 4.60. The minimum Gasteiger partial charge on any atom is -0.449 e. The molecule has 2 aromatic carbocycles. The molecule has 0 aliphatic carbocycles. The number of halogens is 4. The number of hydrogen-bond donors (Lipinski definition) is 1. The van der Waals surface area contributed by atoms with E-state index in [4.69, 9.17) is 16.3 Å². The van der Waals surface area contributed by atoms with E-state index in [1.807, 2.05) is 4.90 Å². The molecule has 1 aliphatic rings. The van der Waals surface area contributed by atoms with Crippen LogP contribution in [0.3, 0.4) is 0 Å². The molecule has 5 nitrogen and oxygen atoms in total. The highest BCUT2D eigenvalue weighted by atomic mass is 35.5. The Bertz CT molecular complexity index is 1160. The van der Waals surface area contributed by atoms with E-state index in [1.54, 1.807) is 18.2 Å². The molecule has 2 heterocycles. The van der Waals surface area contributed by atoms with Gasteiger partial charge >= 0.3 is 12.3 Å². The summed E-state index contributed by atoms with van der Waals surface area (Å²) < 4.78 is 46.1. The quantitative estimate of drug-likeness (QED) is 0.444. The first-order chi connectivity index (χ1) is 15.2. The first-order valence-corrected chi connectivity index (χ1v) is 10.5. The van der Waals surface area contributed by atoms with Crippen molar-refractivity contribution in [2.75, 3.05) is 18.0 Å². The van der Waals surface area contributed by atoms with Gasteiger partial charge in [0, 0.05) is 35.5 Å². The summed E-state index contributed by atoms with van der Waals surface area (Å²) in [7, 11) is 0. The molecule has 0 radical (unpaired) electrons. The molecule has 168 valence electrons. The van der Waals surface area contributed by atoms with Crippen LogP contribution in [0.25, 0.3) is 10.9 Å². The van der Waals surface area contributed by atoms with Crippen LogP contribution in [-0.4, -0.2) is 29.3 Å². The highest BCUT2D eigenvalue weighted by molar-refractivity contribution is 6.31. The summed E-state index contributed by atoms with van der Waals surface area (Å²) in [4.78, 5) is 18.1. The van der Waals surface area contributed by atoms with Gasteiger partial charge in [-0.1, -0.05) is 29.8 Å². The minimum atomic E-state index is -4.55. The number of nitrogens with zero attached hydrogens (tertiary/aromatic N) is 2. The van der Waals surface area contributed by atoms with Gasteiger partial charge in [-0.2, -0.15) is 13.2 Å². The molecule has 0 saturated carbocycles. The SMILES string of the molecule is O=C(O)Oc1c(N2CCCCC2)nc2ccc(Cl)cc2c1Cc1ccccc1C(F)(F)F. The molecular weight excluding hydrogens is 445 g/mol. The zero-order valence-electron chi connectivity index (χ0n) is 17.0. The Kier molecular flexibility index (Phi) is 6.15. The molecule has 1 saturated heterocycles. The number of carboxylic acid groups (broad SMARTS) is 1. The molecular formula is C23H20ClF3N2O3. The molecule has 32 heavy (non-hydrogen) atoms. The Labute approximate surface area is 187 Å². The van der Waals surface area contributed by atoms with E-state index in [9.17, 15) is 23.1 Å². The van der Waals surface area contributed by atoms with Gasteiger partial charge < -0.3 is 14.7 Å². The molecule has 0 atom stereocenters. The molecule has 1 fully saturated rings. The Morgan fingerprint density at radius 2 is 1.84 bits per heavy atom. The lowest BCUT2D eigenvalue weighted by Gasteiger charge is -2.30. The summed E-state index contributed by atoms with van der Waals surface area (Å²) in [6.45, 7) is 1.31. The predicted octanol–water partition coefficient (Wildman–Crippen LogP) is 6.54. The van der Waals surface area contributed by atoms with Gasteiger partial charge in [0.2, 0.25) is 0 Å². The van der Waals surface area contributed by atoms with Gasteiger partial charge in [-0.25, -0.2) is 9.78 Å². The van der Waals surface area contributed by atoms with Crippen LogP contribution in [0.15, 0.2) is 42.5 Å². The third-order valence-corrected chi connectivity index (χ3v) is 5.76. The molecule has 3 aromatic rings. The van der Waals surface area contributed by atoms with E-state index in [2.05, 4.69) is 4.98 Å². The van der Waals surface area contributed by atoms with E-state index in [-0.39, 0.29) is 17.7 Å². The van der Waals surface area contributed by atoms with Crippen LogP contribution in [0.1, 0.15) is 36.0 Å². The summed E-state index contributed by atoms with van der Waals surface area (Å²) in [6, 6.07) is 10.1. The van der Waals surface area contributed by atoms with Gasteiger partial charge in [0.05, 0.1) is 11.1 Å². The minimum absolute atomic E-state index is 0.00677. The number of piperidine rings is 1. The molecule has 1 aromatic heterocycles. The van der Waals surface area contributed by atoms with Crippen LogP contribution >= 0.6 is 11.6 Å². The van der Waals surface area contributed by atoms with Crippen molar-refractivity contribution in [3.63, 3.8) is 0 Å². The fraction of sp³-hybridized carbons (Fsp3) is 0.304. The van der Waals surface area contributed by atoms with E-state index in [0.29, 0.717) is 40.4 Å². The molecule has 1 aliphatic heterocycles. The summed E-state index contributed by atoms with van der Waals surface area (Å²) in [6.07, 6.45) is -3.46.